The van der Waals surface area contributed by atoms with Gasteiger partial charge in [0.1, 0.15) is 5.75 Å². The van der Waals surface area contributed by atoms with Crippen molar-refractivity contribution in [2.24, 2.45) is 0 Å². The van der Waals surface area contributed by atoms with Gasteiger partial charge in [0.15, 0.2) is 0 Å². The van der Waals surface area contributed by atoms with Crippen molar-refractivity contribution in [2.45, 2.75) is 19.9 Å². The molecule has 0 aliphatic heterocycles. The second-order valence-corrected chi connectivity index (χ2v) is 7.22. The van der Waals surface area contributed by atoms with Gasteiger partial charge in [-0.3, -0.25) is 0 Å². The first kappa shape index (κ1) is 16.8. The van der Waals surface area contributed by atoms with E-state index in [9.17, 15) is 0 Å². The fourth-order valence-electron chi connectivity index (χ4n) is 1.87. The fraction of sp³-hybridized carbons (Fsp3) is 0.250. The predicted octanol–water partition coefficient (Wildman–Crippen LogP) is 6.38. The molecule has 0 atom stereocenters. The molecule has 0 heterocycles. The van der Waals surface area contributed by atoms with Crippen LogP contribution in [0.4, 0.5) is 5.69 Å². The number of benzene rings is 2. The largest absolute Gasteiger partial charge is 0.494 e. The van der Waals surface area contributed by atoms with Gasteiger partial charge in [0.25, 0.3) is 0 Å². The van der Waals surface area contributed by atoms with E-state index in [1.54, 1.807) is 0 Å². The fourth-order valence-corrected chi connectivity index (χ4v) is 4.41. The minimum Gasteiger partial charge on any atom is -0.494 e. The third-order valence-electron chi connectivity index (χ3n) is 2.85. The molecule has 21 heavy (non-hydrogen) atoms. The zero-order valence-corrected chi connectivity index (χ0v) is 16.4. The molecule has 0 aromatic heterocycles. The zero-order chi connectivity index (χ0) is 15.2. The molecule has 2 rings (SSSR count). The molecular formula is C16H16Br3NO. The molecule has 0 spiro atoms. The normalized spacial score (nSPS) is 10.5. The van der Waals surface area contributed by atoms with Crippen molar-refractivity contribution >= 4 is 53.5 Å². The molecule has 0 radical (unpaired) electrons. The topological polar surface area (TPSA) is 21.3 Å². The van der Waals surface area contributed by atoms with E-state index >= 15 is 0 Å². The maximum atomic E-state index is 5.66. The van der Waals surface area contributed by atoms with E-state index in [0.717, 1.165) is 44.4 Å². The summed E-state index contributed by atoms with van der Waals surface area (Å²) in [6.07, 6.45) is 1.02. The van der Waals surface area contributed by atoms with Crippen LogP contribution < -0.4 is 10.1 Å². The molecule has 0 bridgehead atoms. The summed E-state index contributed by atoms with van der Waals surface area (Å²) in [6, 6.07) is 12.2. The first-order valence-electron chi connectivity index (χ1n) is 6.70. The van der Waals surface area contributed by atoms with Crippen LogP contribution in [0.3, 0.4) is 0 Å². The highest BCUT2D eigenvalue weighted by Gasteiger charge is 2.06. The summed E-state index contributed by atoms with van der Waals surface area (Å²) in [6.45, 7) is 3.59. The number of halogens is 3. The standard InChI is InChI=1S/C16H16Br3NO/c1-2-6-21-13-5-3-4-11(7-13)10-20-16-14(18)8-12(17)9-15(16)19/h3-5,7-9,20H,2,6,10H2,1H3. The van der Waals surface area contributed by atoms with Gasteiger partial charge in [0, 0.05) is 20.0 Å². The van der Waals surface area contributed by atoms with Crippen molar-refractivity contribution in [3.05, 3.63) is 55.4 Å². The van der Waals surface area contributed by atoms with E-state index in [2.05, 4.69) is 72.2 Å². The van der Waals surface area contributed by atoms with Crippen molar-refractivity contribution in [3.63, 3.8) is 0 Å². The Morgan fingerprint density at radius 3 is 2.43 bits per heavy atom. The molecule has 1 N–H and O–H groups in total. The second-order valence-electron chi connectivity index (χ2n) is 4.59. The number of ether oxygens (including phenoxy) is 1. The third kappa shape index (κ3) is 5.01. The monoisotopic (exact) mass is 475 g/mol. The summed E-state index contributed by atoms with van der Waals surface area (Å²) < 4.78 is 8.72. The predicted molar refractivity (Wildman–Crippen MR) is 99.1 cm³/mol. The number of hydrogen-bond acceptors (Lipinski definition) is 2. The first-order chi connectivity index (χ1) is 10.1. The van der Waals surface area contributed by atoms with E-state index in [1.165, 1.54) is 5.56 Å². The molecule has 0 fully saturated rings. The van der Waals surface area contributed by atoms with Crippen LogP contribution in [-0.2, 0) is 6.54 Å². The first-order valence-corrected chi connectivity index (χ1v) is 9.08. The Morgan fingerprint density at radius 1 is 1.05 bits per heavy atom. The number of rotatable bonds is 6. The molecule has 0 saturated carbocycles. The highest BCUT2D eigenvalue weighted by Crippen LogP contribution is 2.34. The number of hydrogen-bond donors (Lipinski definition) is 1. The van der Waals surface area contributed by atoms with E-state index in [1.807, 2.05) is 24.3 Å². The Hall–Kier alpha value is -0.520. The summed E-state index contributed by atoms with van der Waals surface area (Å²) >= 11 is 10.6. The van der Waals surface area contributed by atoms with Gasteiger partial charge in [0.05, 0.1) is 12.3 Å². The van der Waals surface area contributed by atoms with Gasteiger partial charge < -0.3 is 10.1 Å². The lowest BCUT2D eigenvalue weighted by Crippen LogP contribution is -2.02. The van der Waals surface area contributed by atoms with Crippen LogP contribution in [0.2, 0.25) is 0 Å². The third-order valence-corrected chi connectivity index (χ3v) is 4.56. The van der Waals surface area contributed by atoms with Gasteiger partial charge in [-0.15, -0.1) is 0 Å². The molecular weight excluding hydrogens is 462 g/mol. The summed E-state index contributed by atoms with van der Waals surface area (Å²) in [7, 11) is 0. The van der Waals surface area contributed by atoms with Gasteiger partial charge in [-0.2, -0.15) is 0 Å². The smallest absolute Gasteiger partial charge is 0.119 e. The molecule has 2 aromatic carbocycles. The van der Waals surface area contributed by atoms with E-state index in [4.69, 9.17) is 4.74 Å². The Morgan fingerprint density at radius 2 is 1.76 bits per heavy atom. The maximum Gasteiger partial charge on any atom is 0.119 e. The van der Waals surface area contributed by atoms with Crippen LogP contribution in [0.1, 0.15) is 18.9 Å². The van der Waals surface area contributed by atoms with Gasteiger partial charge in [0.2, 0.25) is 0 Å². The highest BCUT2D eigenvalue weighted by atomic mass is 79.9. The van der Waals surface area contributed by atoms with E-state index in [-0.39, 0.29) is 0 Å². The Bertz CT molecular complexity index is 593. The molecule has 0 aliphatic rings. The van der Waals surface area contributed by atoms with Crippen molar-refractivity contribution in [3.8, 4) is 5.75 Å². The quantitative estimate of drug-likeness (QED) is 0.521. The summed E-state index contributed by atoms with van der Waals surface area (Å²) in [5.41, 5.74) is 2.23. The molecule has 0 amide bonds. The van der Waals surface area contributed by atoms with E-state index < -0.39 is 0 Å². The van der Waals surface area contributed by atoms with Crippen LogP contribution in [0.15, 0.2) is 49.8 Å². The van der Waals surface area contributed by atoms with Crippen LogP contribution in [0.5, 0.6) is 5.75 Å². The second kappa shape index (κ2) is 8.20. The average Bonchev–Trinajstić information content (AvgIpc) is 2.44. The van der Waals surface area contributed by atoms with Crippen molar-refractivity contribution < 1.29 is 4.74 Å². The lowest BCUT2D eigenvalue weighted by atomic mass is 10.2. The summed E-state index contributed by atoms with van der Waals surface area (Å²) in [5, 5.41) is 3.44. The lowest BCUT2D eigenvalue weighted by Gasteiger charge is -2.12. The van der Waals surface area contributed by atoms with Gasteiger partial charge >= 0.3 is 0 Å². The van der Waals surface area contributed by atoms with Crippen LogP contribution in [0, 0.1) is 0 Å². The molecule has 112 valence electrons. The van der Waals surface area contributed by atoms with Crippen molar-refractivity contribution in [2.75, 3.05) is 11.9 Å². The Labute approximate surface area is 150 Å². The molecule has 5 heteroatoms. The van der Waals surface area contributed by atoms with Crippen LogP contribution >= 0.6 is 47.8 Å². The van der Waals surface area contributed by atoms with E-state index in [0.29, 0.717) is 0 Å². The minimum absolute atomic E-state index is 0.738. The molecule has 0 saturated heterocycles. The summed E-state index contributed by atoms with van der Waals surface area (Å²) in [5.74, 6) is 0.921. The average molecular weight is 478 g/mol. The van der Waals surface area contributed by atoms with Gasteiger partial charge in [-0.05, 0) is 68.1 Å². The van der Waals surface area contributed by atoms with Crippen LogP contribution in [0.25, 0.3) is 0 Å². The van der Waals surface area contributed by atoms with Crippen molar-refractivity contribution in [1.82, 2.24) is 0 Å². The minimum atomic E-state index is 0.738. The Balaban J connectivity index is 2.06. The van der Waals surface area contributed by atoms with Crippen molar-refractivity contribution in [1.29, 1.82) is 0 Å². The molecule has 2 nitrogen and oxygen atoms in total. The Kier molecular flexibility index (Phi) is 6.58. The van der Waals surface area contributed by atoms with Crippen LogP contribution in [-0.4, -0.2) is 6.61 Å². The summed E-state index contributed by atoms with van der Waals surface area (Å²) in [4.78, 5) is 0. The maximum absolute atomic E-state index is 5.66. The molecule has 2 aromatic rings. The molecule has 0 aliphatic carbocycles. The highest BCUT2D eigenvalue weighted by molar-refractivity contribution is 9.11. The number of anilines is 1. The van der Waals surface area contributed by atoms with Gasteiger partial charge in [-0.25, -0.2) is 0 Å². The van der Waals surface area contributed by atoms with Gasteiger partial charge in [-0.1, -0.05) is 35.0 Å². The zero-order valence-electron chi connectivity index (χ0n) is 11.6. The molecule has 0 unspecified atom stereocenters. The SMILES string of the molecule is CCCOc1cccc(CNc2c(Br)cc(Br)cc2Br)c1. The number of nitrogens with one attached hydrogen (secondary N) is 1. The lowest BCUT2D eigenvalue weighted by molar-refractivity contribution is 0.317.